The van der Waals surface area contributed by atoms with Gasteiger partial charge in [0.05, 0.1) is 4.08 Å². The minimum absolute atomic E-state index is 0.703. The van der Waals surface area contributed by atoms with E-state index in [0.29, 0.717) is 4.08 Å². The highest BCUT2D eigenvalue weighted by Gasteiger charge is 2.51. The fourth-order valence-electron chi connectivity index (χ4n) is 3.65. The SMILES string of the molecule is C1CSC2(SC1)C1CCCCC2CC1. The summed E-state index contributed by atoms with van der Waals surface area (Å²) in [6, 6.07) is 0. The maximum Gasteiger partial charge on any atom is 0.0667 e. The first-order valence-electron chi connectivity index (χ1n) is 6.20. The lowest BCUT2D eigenvalue weighted by Crippen LogP contribution is -2.34. The minimum atomic E-state index is 0.703. The number of thioether (sulfide) groups is 2. The average molecular weight is 228 g/mol. The molecule has 1 spiro atoms. The van der Waals surface area contributed by atoms with Crippen molar-refractivity contribution in [1.29, 1.82) is 0 Å². The van der Waals surface area contributed by atoms with Crippen LogP contribution in [0.4, 0.5) is 0 Å². The van der Waals surface area contributed by atoms with E-state index in [0.717, 1.165) is 11.8 Å². The largest absolute Gasteiger partial charge is 0.144 e. The van der Waals surface area contributed by atoms with Gasteiger partial charge in [-0.3, -0.25) is 0 Å². The van der Waals surface area contributed by atoms with Crippen LogP contribution in [-0.2, 0) is 0 Å². The van der Waals surface area contributed by atoms with Gasteiger partial charge in [0.1, 0.15) is 0 Å². The summed E-state index contributed by atoms with van der Waals surface area (Å²) in [5.41, 5.74) is 0. The summed E-state index contributed by atoms with van der Waals surface area (Å²) in [7, 11) is 0. The summed E-state index contributed by atoms with van der Waals surface area (Å²) < 4.78 is 0.703. The first-order valence-corrected chi connectivity index (χ1v) is 8.17. The summed E-state index contributed by atoms with van der Waals surface area (Å²) in [5.74, 6) is 5.04. The van der Waals surface area contributed by atoms with Crippen molar-refractivity contribution in [2.45, 2.75) is 49.0 Å². The molecule has 0 aromatic heterocycles. The van der Waals surface area contributed by atoms with Crippen LogP contribution in [0.2, 0.25) is 0 Å². The van der Waals surface area contributed by atoms with Gasteiger partial charge < -0.3 is 0 Å². The summed E-state index contributed by atoms with van der Waals surface area (Å²) >= 11 is 4.68. The van der Waals surface area contributed by atoms with Crippen LogP contribution in [-0.4, -0.2) is 15.6 Å². The Kier molecular flexibility index (Phi) is 2.78. The second-order valence-corrected chi connectivity index (χ2v) is 8.03. The molecule has 2 heteroatoms. The van der Waals surface area contributed by atoms with Crippen LogP contribution in [0.3, 0.4) is 0 Å². The van der Waals surface area contributed by atoms with Crippen molar-refractivity contribution < 1.29 is 0 Å². The Hall–Kier alpha value is 0.700. The van der Waals surface area contributed by atoms with E-state index < -0.39 is 0 Å². The molecule has 1 heterocycles. The van der Waals surface area contributed by atoms with Crippen molar-refractivity contribution in [2.24, 2.45) is 11.8 Å². The van der Waals surface area contributed by atoms with E-state index in [1.54, 1.807) is 12.8 Å². The summed E-state index contributed by atoms with van der Waals surface area (Å²) in [5, 5.41) is 0. The van der Waals surface area contributed by atoms with Gasteiger partial charge in [-0.15, -0.1) is 23.5 Å². The van der Waals surface area contributed by atoms with Gasteiger partial charge in [0.15, 0.2) is 0 Å². The zero-order chi connectivity index (χ0) is 9.43. The zero-order valence-electron chi connectivity index (χ0n) is 8.84. The first kappa shape index (κ1) is 9.89. The highest BCUT2D eigenvalue weighted by Crippen LogP contribution is 2.62. The normalized spacial score (nSPS) is 41.1. The molecular formula is C12H20S2. The summed E-state index contributed by atoms with van der Waals surface area (Å²) in [4.78, 5) is 0. The van der Waals surface area contributed by atoms with Crippen molar-refractivity contribution in [3.05, 3.63) is 0 Å². The van der Waals surface area contributed by atoms with Gasteiger partial charge in [-0.2, -0.15) is 0 Å². The highest BCUT2D eigenvalue weighted by molar-refractivity contribution is 8.18. The van der Waals surface area contributed by atoms with Crippen LogP contribution < -0.4 is 0 Å². The van der Waals surface area contributed by atoms with Crippen molar-refractivity contribution in [1.82, 2.24) is 0 Å². The van der Waals surface area contributed by atoms with E-state index >= 15 is 0 Å². The van der Waals surface area contributed by atoms with Crippen LogP contribution in [0.1, 0.15) is 44.9 Å². The molecule has 0 amide bonds. The highest BCUT2D eigenvalue weighted by atomic mass is 32.2. The van der Waals surface area contributed by atoms with Crippen LogP contribution in [0.15, 0.2) is 0 Å². The maximum absolute atomic E-state index is 2.34. The van der Waals surface area contributed by atoms with E-state index in [-0.39, 0.29) is 0 Å². The Morgan fingerprint density at radius 3 is 1.86 bits per heavy atom. The average Bonchev–Trinajstić information content (AvgIpc) is 2.38. The third kappa shape index (κ3) is 1.44. The van der Waals surface area contributed by atoms with E-state index in [2.05, 4.69) is 23.5 Å². The van der Waals surface area contributed by atoms with Crippen molar-refractivity contribution in [3.63, 3.8) is 0 Å². The first-order chi connectivity index (χ1) is 6.92. The van der Waals surface area contributed by atoms with Crippen LogP contribution in [0, 0.1) is 11.8 Å². The van der Waals surface area contributed by atoms with Gasteiger partial charge >= 0.3 is 0 Å². The van der Waals surface area contributed by atoms with Gasteiger partial charge in [0, 0.05) is 0 Å². The Bertz CT molecular complexity index is 192. The quantitative estimate of drug-likeness (QED) is 0.611. The van der Waals surface area contributed by atoms with Gasteiger partial charge in [-0.05, 0) is 55.4 Å². The molecule has 2 bridgehead atoms. The monoisotopic (exact) mass is 228 g/mol. The lowest BCUT2D eigenvalue weighted by Gasteiger charge is -2.41. The van der Waals surface area contributed by atoms with E-state index in [9.17, 15) is 0 Å². The molecule has 0 radical (unpaired) electrons. The Labute approximate surface area is 96.0 Å². The molecule has 14 heavy (non-hydrogen) atoms. The lowest BCUT2D eigenvalue weighted by molar-refractivity contribution is 0.480. The van der Waals surface area contributed by atoms with Crippen LogP contribution >= 0.6 is 23.5 Å². The molecule has 3 rings (SSSR count). The molecule has 0 aromatic rings. The van der Waals surface area contributed by atoms with Crippen LogP contribution in [0.25, 0.3) is 0 Å². The van der Waals surface area contributed by atoms with Crippen molar-refractivity contribution in [3.8, 4) is 0 Å². The number of hydrogen-bond donors (Lipinski definition) is 0. The van der Waals surface area contributed by atoms with Gasteiger partial charge in [-0.25, -0.2) is 0 Å². The fraction of sp³-hybridized carbons (Fsp3) is 1.00. The Morgan fingerprint density at radius 2 is 1.29 bits per heavy atom. The van der Waals surface area contributed by atoms with E-state index in [1.165, 1.54) is 43.6 Å². The third-order valence-corrected chi connectivity index (χ3v) is 8.23. The Morgan fingerprint density at radius 1 is 0.714 bits per heavy atom. The van der Waals surface area contributed by atoms with Crippen LogP contribution in [0.5, 0.6) is 0 Å². The van der Waals surface area contributed by atoms with Crippen molar-refractivity contribution >= 4 is 23.5 Å². The summed E-state index contributed by atoms with van der Waals surface area (Å²) in [6.45, 7) is 0. The summed E-state index contributed by atoms with van der Waals surface area (Å²) in [6.07, 6.45) is 10.7. The second-order valence-electron chi connectivity index (χ2n) is 5.03. The zero-order valence-corrected chi connectivity index (χ0v) is 10.5. The Balaban J connectivity index is 1.87. The molecule has 2 saturated carbocycles. The predicted molar refractivity (Wildman–Crippen MR) is 66.9 cm³/mol. The topological polar surface area (TPSA) is 0 Å². The molecule has 2 unspecified atom stereocenters. The minimum Gasteiger partial charge on any atom is -0.144 e. The predicted octanol–water partition coefficient (Wildman–Crippen LogP) is 4.15. The maximum atomic E-state index is 2.34. The number of rotatable bonds is 0. The molecule has 3 aliphatic rings. The lowest BCUT2D eigenvalue weighted by atomic mass is 10.0. The molecule has 3 fully saturated rings. The smallest absolute Gasteiger partial charge is 0.0667 e. The number of hydrogen-bond acceptors (Lipinski definition) is 2. The molecular weight excluding hydrogens is 208 g/mol. The molecule has 1 saturated heterocycles. The molecule has 80 valence electrons. The molecule has 0 N–H and O–H groups in total. The van der Waals surface area contributed by atoms with Gasteiger partial charge in [-0.1, -0.05) is 12.8 Å². The van der Waals surface area contributed by atoms with Gasteiger partial charge in [0.25, 0.3) is 0 Å². The fourth-order valence-corrected chi connectivity index (χ4v) is 7.76. The molecule has 0 aromatic carbocycles. The molecule has 0 nitrogen and oxygen atoms in total. The third-order valence-electron chi connectivity index (χ3n) is 4.30. The van der Waals surface area contributed by atoms with Crippen molar-refractivity contribution in [2.75, 3.05) is 11.5 Å². The van der Waals surface area contributed by atoms with E-state index in [1.807, 2.05) is 0 Å². The van der Waals surface area contributed by atoms with Gasteiger partial charge in [0.2, 0.25) is 0 Å². The molecule has 2 atom stereocenters. The standard InChI is InChI=1S/C12H20S2/c1-2-5-11-7-6-10(4-1)12(11)13-8-3-9-14-12/h10-11H,1-9H2. The second kappa shape index (κ2) is 3.93. The molecule has 1 aliphatic heterocycles. The molecule has 2 aliphatic carbocycles. The van der Waals surface area contributed by atoms with E-state index in [4.69, 9.17) is 0 Å².